The Labute approximate surface area is 118 Å². The molecule has 116 valence electrons. The van der Waals surface area contributed by atoms with Crippen LogP contribution >= 0.6 is 0 Å². The molecule has 0 aromatic rings. The van der Waals surface area contributed by atoms with E-state index >= 15 is 0 Å². The molecule has 0 aliphatic carbocycles. The van der Waals surface area contributed by atoms with E-state index in [0.29, 0.717) is 39.0 Å². The smallest absolute Gasteiger partial charge is 0.313 e. The molecule has 1 heterocycles. The van der Waals surface area contributed by atoms with Crippen molar-refractivity contribution in [3.63, 3.8) is 0 Å². The fourth-order valence-corrected chi connectivity index (χ4v) is 2.35. The van der Waals surface area contributed by atoms with Crippen LogP contribution in [0.25, 0.3) is 0 Å². The maximum atomic E-state index is 12.2. The molecular weight excluding hydrogens is 269 g/mol. The van der Waals surface area contributed by atoms with Crippen molar-refractivity contribution in [1.29, 1.82) is 5.26 Å². The molecule has 1 saturated heterocycles. The molecular formula is C13H23F3N4. The fourth-order valence-electron chi connectivity index (χ4n) is 2.35. The van der Waals surface area contributed by atoms with Crippen molar-refractivity contribution in [2.45, 2.75) is 37.9 Å². The van der Waals surface area contributed by atoms with E-state index in [0.717, 1.165) is 13.0 Å². The zero-order valence-corrected chi connectivity index (χ0v) is 11.9. The highest BCUT2D eigenvalue weighted by Gasteiger charge is 2.32. The van der Waals surface area contributed by atoms with E-state index in [9.17, 15) is 13.2 Å². The molecule has 20 heavy (non-hydrogen) atoms. The second kappa shape index (κ2) is 7.25. The highest BCUT2D eigenvalue weighted by Crippen LogP contribution is 2.18. The minimum Gasteiger partial charge on any atom is -0.313 e. The van der Waals surface area contributed by atoms with E-state index in [1.165, 1.54) is 4.90 Å². The van der Waals surface area contributed by atoms with Gasteiger partial charge in [-0.15, -0.1) is 0 Å². The van der Waals surface area contributed by atoms with Crippen LogP contribution in [0.3, 0.4) is 0 Å². The molecule has 0 aromatic heterocycles. The number of nitriles is 1. The Kier molecular flexibility index (Phi) is 6.24. The lowest BCUT2D eigenvalue weighted by atomic mass is 9.93. The second-order valence-corrected chi connectivity index (χ2v) is 5.46. The zero-order valence-electron chi connectivity index (χ0n) is 11.9. The summed E-state index contributed by atoms with van der Waals surface area (Å²) in [6.07, 6.45) is -2.07. The summed E-state index contributed by atoms with van der Waals surface area (Å²) in [6, 6.07) is 2.12. The van der Waals surface area contributed by atoms with E-state index in [1.807, 2.05) is 6.92 Å². The third-order valence-corrected chi connectivity index (χ3v) is 3.82. The van der Waals surface area contributed by atoms with Crippen LogP contribution in [0.1, 0.15) is 26.2 Å². The Morgan fingerprint density at radius 2 is 1.70 bits per heavy atom. The van der Waals surface area contributed by atoms with Gasteiger partial charge in [-0.05, 0) is 25.8 Å². The summed E-state index contributed by atoms with van der Waals surface area (Å²) in [5.74, 6) is 0. The average Bonchev–Trinajstić information content (AvgIpc) is 2.39. The van der Waals surface area contributed by atoms with Crippen LogP contribution in [-0.4, -0.2) is 60.8 Å². The number of halogens is 3. The van der Waals surface area contributed by atoms with Gasteiger partial charge < -0.3 is 10.6 Å². The van der Waals surface area contributed by atoms with Gasteiger partial charge in [0, 0.05) is 26.2 Å². The van der Waals surface area contributed by atoms with Crippen LogP contribution in [0.4, 0.5) is 13.2 Å². The van der Waals surface area contributed by atoms with Crippen molar-refractivity contribution in [1.82, 2.24) is 9.80 Å². The predicted molar refractivity (Wildman–Crippen MR) is 71.0 cm³/mol. The molecule has 0 bridgehead atoms. The quantitative estimate of drug-likeness (QED) is 0.807. The first-order valence-electron chi connectivity index (χ1n) is 6.99. The maximum absolute atomic E-state index is 12.2. The Balaban J connectivity index is 2.22. The van der Waals surface area contributed by atoms with Gasteiger partial charge in [-0.25, -0.2) is 0 Å². The van der Waals surface area contributed by atoms with Crippen molar-refractivity contribution in [2.24, 2.45) is 5.73 Å². The standard InChI is InChI=1S/C13H23F3N4/c1-2-12(18,10-17)4-3-5-19-6-8-20(9-7-19)11-13(14,15)16/h2-9,11,18H2,1H3. The van der Waals surface area contributed by atoms with E-state index < -0.39 is 18.3 Å². The van der Waals surface area contributed by atoms with Gasteiger partial charge in [0.05, 0.1) is 12.6 Å². The third kappa shape index (κ3) is 6.07. The van der Waals surface area contributed by atoms with E-state index in [4.69, 9.17) is 11.0 Å². The van der Waals surface area contributed by atoms with Crippen LogP contribution in [0, 0.1) is 11.3 Å². The predicted octanol–water partition coefficient (Wildman–Crippen LogP) is 1.58. The number of piperazine rings is 1. The Morgan fingerprint density at radius 1 is 1.15 bits per heavy atom. The first kappa shape index (κ1) is 17.2. The zero-order chi connectivity index (χ0) is 15.2. The first-order valence-corrected chi connectivity index (χ1v) is 6.99. The molecule has 1 fully saturated rings. The second-order valence-electron chi connectivity index (χ2n) is 5.46. The van der Waals surface area contributed by atoms with E-state index in [-0.39, 0.29) is 0 Å². The summed E-state index contributed by atoms with van der Waals surface area (Å²) in [7, 11) is 0. The number of nitrogens with zero attached hydrogens (tertiary/aromatic N) is 3. The minimum atomic E-state index is -4.12. The van der Waals surface area contributed by atoms with Crippen molar-refractivity contribution in [3.05, 3.63) is 0 Å². The van der Waals surface area contributed by atoms with Crippen molar-refractivity contribution >= 4 is 0 Å². The first-order chi connectivity index (χ1) is 9.28. The maximum Gasteiger partial charge on any atom is 0.401 e. The van der Waals surface area contributed by atoms with Crippen LogP contribution in [-0.2, 0) is 0 Å². The highest BCUT2D eigenvalue weighted by molar-refractivity contribution is 5.03. The topological polar surface area (TPSA) is 56.3 Å². The highest BCUT2D eigenvalue weighted by atomic mass is 19.4. The SMILES string of the molecule is CCC(N)(C#N)CCCN1CCN(CC(F)(F)F)CC1. The Morgan fingerprint density at radius 3 is 2.15 bits per heavy atom. The fraction of sp³-hybridized carbons (Fsp3) is 0.923. The lowest BCUT2D eigenvalue weighted by Crippen LogP contribution is -2.49. The van der Waals surface area contributed by atoms with E-state index in [1.54, 1.807) is 0 Å². The van der Waals surface area contributed by atoms with Gasteiger partial charge in [-0.3, -0.25) is 4.90 Å². The number of hydrogen-bond acceptors (Lipinski definition) is 4. The summed E-state index contributed by atoms with van der Waals surface area (Å²) in [5.41, 5.74) is 5.13. The van der Waals surface area contributed by atoms with Gasteiger partial charge >= 0.3 is 6.18 Å². The van der Waals surface area contributed by atoms with Crippen LogP contribution < -0.4 is 5.73 Å². The molecule has 7 heteroatoms. The molecule has 0 saturated carbocycles. The Bertz CT molecular complexity index is 331. The largest absolute Gasteiger partial charge is 0.401 e. The van der Waals surface area contributed by atoms with Gasteiger partial charge in [0.25, 0.3) is 0 Å². The van der Waals surface area contributed by atoms with Gasteiger partial charge in [-0.2, -0.15) is 18.4 Å². The van der Waals surface area contributed by atoms with Gasteiger partial charge in [-0.1, -0.05) is 6.92 Å². The molecule has 1 aliphatic rings. The summed E-state index contributed by atoms with van der Waals surface area (Å²) < 4.78 is 36.7. The van der Waals surface area contributed by atoms with Gasteiger partial charge in [0.2, 0.25) is 0 Å². The average molecular weight is 292 g/mol. The molecule has 0 spiro atoms. The van der Waals surface area contributed by atoms with Crippen LogP contribution in [0.2, 0.25) is 0 Å². The molecule has 0 amide bonds. The molecule has 1 atom stereocenters. The minimum absolute atomic E-state index is 0.444. The molecule has 0 radical (unpaired) electrons. The van der Waals surface area contributed by atoms with Crippen LogP contribution in [0.15, 0.2) is 0 Å². The lowest BCUT2D eigenvalue weighted by molar-refractivity contribution is -0.149. The molecule has 1 rings (SSSR count). The van der Waals surface area contributed by atoms with Gasteiger partial charge in [0.15, 0.2) is 0 Å². The number of hydrogen-bond donors (Lipinski definition) is 1. The molecule has 4 nitrogen and oxygen atoms in total. The summed E-state index contributed by atoms with van der Waals surface area (Å²) in [5, 5.41) is 8.96. The summed E-state index contributed by atoms with van der Waals surface area (Å²) in [4.78, 5) is 3.57. The summed E-state index contributed by atoms with van der Waals surface area (Å²) in [6.45, 7) is 4.04. The molecule has 2 N–H and O–H groups in total. The summed E-state index contributed by atoms with van der Waals surface area (Å²) >= 11 is 0. The number of nitrogens with two attached hydrogens (primary N) is 1. The van der Waals surface area contributed by atoms with E-state index in [2.05, 4.69) is 11.0 Å². The van der Waals surface area contributed by atoms with Crippen molar-refractivity contribution in [2.75, 3.05) is 39.3 Å². The Hall–Kier alpha value is -0.840. The lowest BCUT2D eigenvalue weighted by Gasteiger charge is -2.35. The molecule has 1 unspecified atom stereocenters. The molecule has 0 aromatic carbocycles. The van der Waals surface area contributed by atoms with Crippen molar-refractivity contribution in [3.8, 4) is 6.07 Å². The normalized spacial score (nSPS) is 21.4. The molecule has 1 aliphatic heterocycles. The number of rotatable bonds is 6. The van der Waals surface area contributed by atoms with Gasteiger partial charge in [0.1, 0.15) is 5.54 Å². The third-order valence-electron chi connectivity index (χ3n) is 3.82. The monoisotopic (exact) mass is 292 g/mol. The number of alkyl halides is 3. The van der Waals surface area contributed by atoms with Crippen molar-refractivity contribution < 1.29 is 13.2 Å². The van der Waals surface area contributed by atoms with Crippen LogP contribution in [0.5, 0.6) is 0 Å².